The summed E-state index contributed by atoms with van der Waals surface area (Å²) >= 11 is 0. The Hall–Kier alpha value is -2.16. The van der Waals surface area contributed by atoms with Gasteiger partial charge in [0.05, 0.1) is 0 Å². The Morgan fingerprint density at radius 2 is 1.59 bits per heavy atom. The molecule has 0 radical (unpaired) electrons. The molecule has 3 atom stereocenters. The van der Waals surface area contributed by atoms with Gasteiger partial charge in [0.1, 0.15) is 23.4 Å². The van der Waals surface area contributed by atoms with Crippen LogP contribution in [-0.2, 0) is 0 Å². The molecule has 0 bridgehead atoms. The zero-order valence-electron chi connectivity index (χ0n) is 12.4. The molecule has 1 aliphatic carbocycles. The van der Waals surface area contributed by atoms with Crippen molar-refractivity contribution in [3.8, 4) is 17.2 Å². The molecule has 0 unspecified atom stereocenters. The topological polar surface area (TPSA) is 49.7 Å². The van der Waals surface area contributed by atoms with E-state index in [1.807, 2.05) is 24.3 Å². The van der Waals surface area contributed by atoms with Gasteiger partial charge in [-0.3, -0.25) is 0 Å². The van der Waals surface area contributed by atoms with Gasteiger partial charge in [-0.25, -0.2) is 0 Å². The highest BCUT2D eigenvalue weighted by Gasteiger charge is 2.40. The lowest BCUT2D eigenvalue weighted by Gasteiger charge is -2.42. The molecule has 2 aromatic carbocycles. The Morgan fingerprint density at radius 1 is 0.864 bits per heavy atom. The van der Waals surface area contributed by atoms with Crippen molar-refractivity contribution in [1.29, 1.82) is 0 Å². The van der Waals surface area contributed by atoms with Crippen molar-refractivity contribution < 1.29 is 14.9 Å². The first kappa shape index (κ1) is 13.5. The van der Waals surface area contributed by atoms with Crippen LogP contribution in [0.1, 0.15) is 48.8 Å². The molecule has 3 nitrogen and oxygen atoms in total. The van der Waals surface area contributed by atoms with E-state index in [-0.39, 0.29) is 11.9 Å². The van der Waals surface area contributed by atoms with Gasteiger partial charge < -0.3 is 14.9 Å². The summed E-state index contributed by atoms with van der Waals surface area (Å²) in [4.78, 5) is 0. The van der Waals surface area contributed by atoms with E-state index in [1.165, 1.54) is 12.8 Å². The van der Waals surface area contributed by atoms with Crippen LogP contribution < -0.4 is 4.74 Å². The number of aromatic hydroxyl groups is 2. The molecule has 0 spiro atoms. The largest absolute Gasteiger partial charge is 0.508 e. The molecule has 3 heteroatoms. The predicted molar refractivity (Wildman–Crippen MR) is 84.3 cm³/mol. The summed E-state index contributed by atoms with van der Waals surface area (Å²) in [7, 11) is 0. The van der Waals surface area contributed by atoms with E-state index < -0.39 is 0 Å². The first-order valence-electron chi connectivity index (χ1n) is 8.01. The smallest absolute Gasteiger partial charge is 0.127 e. The highest BCUT2D eigenvalue weighted by molar-refractivity contribution is 5.45. The van der Waals surface area contributed by atoms with Crippen LogP contribution in [-0.4, -0.2) is 10.2 Å². The van der Waals surface area contributed by atoms with Crippen LogP contribution in [0.4, 0.5) is 0 Å². The van der Waals surface area contributed by atoms with Crippen molar-refractivity contribution in [3.63, 3.8) is 0 Å². The van der Waals surface area contributed by atoms with Crippen LogP contribution in [0.25, 0.3) is 0 Å². The first-order valence-corrected chi connectivity index (χ1v) is 8.01. The van der Waals surface area contributed by atoms with Gasteiger partial charge in [0.15, 0.2) is 0 Å². The molecule has 0 saturated heterocycles. The maximum atomic E-state index is 9.81. The van der Waals surface area contributed by atoms with Gasteiger partial charge >= 0.3 is 0 Å². The van der Waals surface area contributed by atoms with Crippen molar-refractivity contribution >= 4 is 0 Å². The summed E-state index contributed by atoms with van der Waals surface area (Å²) in [6, 6.07) is 12.8. The SMILES string of the molecule is Oc1ccc([C@H]2Oc3ccc(O)cc3[C@H]3CCCC[C@H]32)cc1. The molecule has 0 aromatic heterocycles. The second-order valence-electron chi connectivity index (χ2n) is 6.41. The van der Waals surface area contributed by atoms with Crippen LogP contribution in [0.2, 0.25) is 0 Å². The zero-order chi connectivity index (χ0) is 15.1. The molecular weight excluding hydrogens is 276 g/mol. The number of phenolic OH excluding ortho intramolecular Hbond substituents is 2. The summed E-state index contributed by atoms with van der Waals surface area (Å²) in [6.07, 6.45) is 4.79. The fourth-order valence-electron chi connectivity index (χ4n) is 4.04. The molecular formula is C19H20O3. The van der Waals surface area contributed by atoms with E-state index in [9.17, 15) is 10.2 Å². The van der Waals surface area contributed by atoms with Gasteiger partial charge in [0.2, 0.25) is 0 Å². The van der Waals surface area contributed by atoms with Gasteiger partial charge in [-0.2, -0.15) is 0 Å². The van der Waals surface area contributed by atoms with E-state index in [2.05, 4.69) is 0 Å². The van der Waals surface area contributed by atoms with E-state index in [4.69, 9.17) is 4.74 Å². The minimum Gasteiger partial charge on any atom is -0.508 e. The molecule has 1 fully saturated rings. The summed E-state index contributed by atoms with van der Waals surface area (Å²) < 4.78 is 6.29. The van der Waals surface area contributed by atoms with Crippen LogP contribution in [0.5, 0.6) is 17.2 Å². The second-order valence-corrected chi connectivity index (χ2v) is 6.41. The Morgan fingerprint density at radius 3 is 2.41 bits per heavy atom. The Kier molecular flexibility index (Phi) is 3.21. The summed E-state index contributed by atoms with van der Waals surface area (Å²) in [5.74, 6) is 2.37. The molecule has 4 rings (SSSR count). The lowest BCUT2D eigenvalue weighted by molar-refractivity contribution is 0.0678. The Balaban J connectivity index is 1.77. The molecule has 1 heterocycles. The van der Waals surface area contributed by atoms with Gasteiger partial charge in [-0.1, -0.05) is 25.0 Å². The molecule has 2 aliphatic rings. The lowest BCUT2D eigenvalue weighted by Crippen LogP contribution is -2.32. The predicted octanol–water partition coefficient (Wildman–Crippen LogP) is 4.51. The highest BCUT2D eigenvalue weighted by Crippen LogP contribution is 2.52. The number of hydrogen-bond acceptors (Lipinski definition) is 3. The van der Waals surface area contributed by atoms with Crippen molar-refractivity contribution in [3.05, 3.63) is 53.6 Å². The van der Waals surface area contributed by atoms with Crippen molar-refractivity contribution in [2.24, 2.45) is 5.92 Å². The highest BCUT2D eigenvalue weighted by atomic mass is 16.5. The van der Waals surface area contributed by atoms with E-state index in [0.29, 0.717) is 17.6 Å². The summed E-state index contributed by atoms with van der Waals surface area (Å²) in [5, 5.41) is 19.3. The average molecular weight is 296 g/mol. The second kappa shape index (κ2) is 5.24. The van der Waals surface area contributed by atoms with Crippen LogP contribution in [0.3, 0.4) is 0 Å². The molecule has 22 heavy (non-hydrogen) atoms. The minimum atomic E-state index is 0.0305. The van der Waals surface area contributed by atoms with Crippen LogP contribution >= 0.6 is 0 Å². The number of benzene rings is 2. The molecule has 114 valence electrons. The Bertz CT molecular complexity index is 678. The van der Waals surface area contributed by atoms with E-state index in [0.717, 1.165) is 29.7 Å². The molecule has 1 aliphatic heterocycles. The number of rotatable bonds is 1. The third kappa shape index (κ3) is 2.21. The van der Waals surface area contributed by atoms with Crippen molar-refractivity contribution in [2.75, 3.05) is 0 Å². The number of phenols is 2. The fraction of sp³-hybridized carbons (Fsp3) is 0.368. The monoisotopic (exact) mass is 296 g/mol. The average Bonchev–Trinajstić information content (AvgIpc) is 2.55. The minimum absolute atomic E-state index is 0.0305. The Labute approximate surface area is 130 Å². The summed E-state index contributed by atoms with van der Waals surface area (Å²) in [6.45, 7) is 0. The molecule has 2 N–H and O–H groups in total. The third-order valence-electron chi connectivity index (χ3n) is 5.08. The van der Waals surface area contributed by atoms with Gasteiger partial charge in [0.25, 0.3) is 0 Å². The molecule has 2 aromatic rings. The van der Waals surface area contributed by atoms with Crippen molar-refractivity contribution in [2.45, 2.75) is 37.7 Å². The molecule has 0 amide bonds. The maximum absolute atomic E-state index is 9.81. The lowest BCUT2D eigenvalue weighted by atomic mass is 9.70. The van der Waals surface area contributed by atoms with E-state index in [1.54, 1.807) is 18.2 Å². The number of hydrogen-bond donors (Lipinski definition) is 2. The summed E-state index contributed by atoms with van der Waals surface area (Å²) in [5.41, 5.74) is 2.27. The maximum Gasteiger partial charge on any atom is 0.127 e. The quantitative estimate of drug-likeness (QED) is 0.814. The first-order chi connectivity index (χ1) is 10.7. The standard InChI is InChI=1S/C19H20O3/c20-13-7-5-12(6-8-13)19-16-4-2-1-3-15(16)17-11-14(21)9-10-18(17)22-19/h5-11,15-16,19-21H,1-4H2/t15-,16+,19+/m0/s1. The molecule has 1 saturated carbocycles. The van der Waals surface area contributed by atoms with Gasteiger partial charge in [0, 0.05) is 11.5 Å². The number of fused-ring (bicyclic) bond motifs is 3. The number of ether oxygens (including phenoxy) is 1. The van der Waals surface area contributed by atoms with Gasteiger partial charge in [-0.15, -0.1) is 0 Å². The van der Waals surface area contributed by atoms with Crippen LogP contribution in [0.15, 0.2) is 42.5 Å². The van der Waals surface area contributed by atoms with Gasteiger partial charge in [-0.05, 0) is 54.7 Å². The normalized spacial score (nSPS) is 26.6. The van der Waals surface area contributed by atoms with Crippen molar-refractivity contribution in [1.82, 2.24) is 0 Å². The van der Waals surface area contributed by atoms with E-state index >= 15 is 0 Å². The fourth-order valence-corrected chi connectivity index (χ4v) is 4.04. The van der Waals surface area contributed by atoms with Crippen LogP contribution in [0, 0.1) is 5.92 Å². The zero-order valence-corrected chi connectivity index (χ0v) is 12.4. The third-order valence-corrected chi connectivity index (χ3v) is 5.08.